The lowest BCUT2D eigenvalue weighted by atomic mass is 10.1. The van der Waals surface area contributed by atoms with Gasteiger partial charge in [-0.2, -0.15) is 0 Å². The van der Waals surface area contributed by atoms with Crippen LogP contribution in [0, 0.1) is 13.8 Å². The van der Waals surface area contributed by atoms with Crippen LogP contribution in [-0.2, 0) is 14.8 Å². The molecule has 29 heavy (non-hydrogen) atoms. The molecular formula is C21H20ClN3O3S. The highest BCUT2D eigenvalue weighted by molar-refractivity contribution is 7.92. The van der Waals surface area contributed by atoms with Crippen LogP contribution in [0.5, 0.6) is 0 Å². The number of aryl methyl sites for hydroxylation is 2. The van der Waals surface area contributed by atoms with Gasteiger partial charge in [-0.25, -0.2) is 13.4 Å². The number of carbonyl (C=O) groups is 1. The monoisotopic (exact) mass is 429 g/mol. The molecule has 1 N–H and O–H groups in total. The van der Waals surface area contributed by atoms with Crippen LogP contribution in [-0.4, -0.2) is 25.9 Å². The topological polar surface area (TPSA) is 79.4 Å². The van der Waals surface area contributed by atoms with E-state index < -0.39 is 15.9 Å². The van der Waals surface area contributed by atoms with Gasteiger partial charge in [-0.15, -0.1) is 0 Å². The van der Waals surface area contributed by atoms with Crippen molar-refractivity contribution in [2.45, 2.75) is 18.7 Å². The van der Waals surface area contributed by atoms with E-state index in [-0.39, 0.29) is 11.4 Å². The van der Waals surface area contributed by atoms with Gasteiger partial charge in [-0.1, -0.05) is 41.9 Å². The molecule has 3 rings (SSSR count). The van der Waals surface area contributed by atoms with Crippen LogP contribution in [0.25, 0.3) is 0 Å². The summed E-state index contributed by atoms with van der Waals surface area (Å²) in [6.45, 7) is 3.29. The van der Waals surface area contributed by atoms with Gasteiger partial charge in [0.2, 0.25) is 5.91 Å². The minimum Gasteiger partial charge on any atom is -0.323 e. The maximum absolute atomic E-state index is 13.3. The van der Waals surface area contributed by atoms with Gasteiger partial charge in [0.25, 0.3) is 10.0 Å². The van der Waals surface area contributed by atoms with Crippen LogP contribution in [0.1, 0.15) is 11.1 Å². The molecule has 0 aliphatic rings. The van der Waals surface area contributed by atoms with E-state index in [4.69, 9.17) is 11.6 Å². The van der Waals surface area contributed by atoms with E-state index in [9.17, 15) is 13.2 Å². The lowest BCUT2D eigenvalue weighted by Gasteiger charge is -2.26. The maximum atomic E-state index is 13.3. The predicted octanol–water partition coefficient (Wildman–Crippen LogP) is 4.19. The molecule has 2 aromatic carbocycles. The van der Waals surface area contributed by atoms with Crippen LogP contribution < -0.4 is 9.62 Å². The van der Waals surface area contributed by atoms with E-state index in [0.717, 1.165) is 15.4 Å². The Hall–Kier alpha value is -2.90. The number of aromatic nitrogens is 1. The molecular weight excluding hydrogens is 410 g/mol. The van der Waals surface area contributed by atoms with E-state index in [1.165, 1.54) is 18.3 Å². The Balaban J connectivity index is 1.98. The van der Waals surface area contributed by atoms with E-state index in [1.807, 2.05) is 26.0 Å². The van der Waals surface area contributed by atoms with Gasteiger partial charge >= 0.3 is 0 Å². The van der Waals surface area contributed by atoms with Gasteiger partial charge in [0.1, 0.15) is 11.7 Å². The summed E-state index contributed by atoms with van der Waals surface area (Å²) in [5, 5.41) is 2.96. The Labute approximate surface area is 175 Å². The zero-order valence-electron chi connectivity index (χ0n) is 16.0. The van der Waals surface area contributed by atoms with Gasteiger partial charge in [-0.3, -0.25) is 9.10 Å². The number of nitrogens with zero attached hydrogens (tertiary/aromatic N) is 2. The number of hydrogen-bond acceptors (Lipinski definition) is 4. The van der Waals surface area contributed by atoms with Gasteiger partial charge < -0.3 is 5.32 Å². The Bertz CT molecular complexity index is 1120. The summed E-state index contributed by atoms with van der Waals surface area (Å²) in [5.41, 5.74) is 2.52. The zero-order chi connectivity index (χ0) is 21.0. The highest BCUT2D eigenvalue weighted by Crippen LogP contribution is 2.28. The van der Waals surface area contributed by atoms with Gasteiger partial charge in [0.15, 0.2) is 0 Å². The Morgan fingerprint density at radius 3 is 2.45 bits per heavy atom. The molecule has 0 unspecified atom stereocenters. The van der Waals surface area contributed by atoms with Crippen molar-refractivity contribution in [2.75, 3.05) is 16.2 Å². The summed E-state index contributed by atoms with van der Waals surface area (Å²) >= 11 is 5.76. The first-order valence-corrected chi connectivity index (χ1v) is 10.7. The Morgan fingerprint density at radius 1 is 1.07 bits per heavy atom. The third kappa shape index (κ3) is 4.93. The van der Waals surface area contributed by atoms with Crippen LogP contribution in [0.15, 0.2) is 71.8 Å². The number of amides is 1. The van der Waals surface area contributed by atoms with Crippen molar-refractivity contribution in [3.8, 4) is 0 Å². The quantitative estimate of drug-likeness (QED) is 0.596. The number of halogens is 1. The number of hydrogen-bond donors (Lipinski definition) is 1. The molecule has 1 amide bonds. The van der Waals surface area contributed by atoms with E-state index in [0.29, 0.717) is 16.5 Å². The standard InChI is InChI=1S/C21H20ClN3O3S/c1-15-8-9-16(2)19(12-15)25(29(27,28)18-6-4-3-5-7-18)14-21(26)24-17-10-11-20(22)23-13-17/h3-13H,14H2,1-2H3,(H,24,26). The molecule has 0 aliphatic carbocycles. The van der Waals surface area contributed by atoms with Crippen LogP contribution in [0.2, 0.25) is 5.15 Å². The predicted molar refractivity (Wildman–Crippen MR) is 115 cm³/mol. The number of sulfonamides is 1. The zero-order valence-corrected chi connectivity index (χ0v) is 17.5. The van der Waals surface area contributed by atoms with E-state index in [2.05, 4.69) is 10.3 Å². The van der Waals surface area contributed by atoms with Crippen molar-refractivity contribution in [2.24, 2.45) is 0 Å². The smallest absolute Gasteiger partial charge is 0.264 e. The SMILES string of the molecule is Cc1ccc(C)c(N(CC(=O)Nc2ccc(Cl)nc2)S(=O)(=O)c2ccccc2)c1. The number of nitrogens with one attached hydrogen (secondary N) is 1. The molecule has 8 heteroatoms. The fourth-order valence-electron chi connectivity index (χ4n) is 2.79. The maximum Gasteiger partial charge on any atom is 0.264 e. The van der Waals surface area contributed by atoms with Crippen LogP contribution in [0.3, 0.4) is 0 Å². The van der Waals surface area contributed by atoms with Gasteiger partial charge in [0, 0.05) is 0 Å². The fraction of sp³-hybridized carbons (Fsp3) is 0.143. The molecule has 3 aromatic rings. The lowest BCUT2D eigenvalue weighted by molar-refractivity contribution is -0.114. The average Bonchev–Trinajstić information content (AvgIpc) is 2.70. The molecule has 150 valence electrons. The van der Waals surface area contributed by atoms with Gasteiger partial charge in [0.05, 0.1) is 22.5 Å². The summed E-state index contributed by atoms with van der Waals surface area (Å²) in [7, 11) is -3.95. The molecule has 0 saturated carbocycles. The summed E-state index contributed by atoms with van der Waals surface area (Å²) in [4.78, 5) is 16.7. The summed E-state index contributed by atoms with van der Waals surface area (Å²) in [5.74, 6) is -0.491. The third-order valence-corrected chi connectivity index (χ3v) is 6.26. The van der Waals surface area contributed by atoms with Crippen molar-refractivity contribution in [3.63, 3.8) is 0 Å². The van der Waals surface area contributed by atoms with Crippen molar-refractivity contribution in [1.29, 1.82) is 0 Å². The number of benzene rings is 2. The molecule has 0 atom stereocenters. The molecule has 6 nitrogen and oxygen atoms in total. The highest BCUT2D eigenvalue weighted by atomic mass is 35.5. The average molecular weight is 430 g/mol. The normalized spacial score (nSPS) is 11.1. The van der Waals surface area contributed by atoms with Crippen molar-refractivity contribution < 1.29 is 13.2 Å². The molecule has 0 saturated heterocycles. The molecule has 0 spiro atoms. The first kappa shape index (κ1) is 20.8. The second-order valence-electron chi connectivity index (χ2n) is 6.53. The van der Waals surface area contributed by atoms with Gasteiger partial charge in [-0.05, 0) is 55.3 Å². The number of rotatable bonds is 6. The fourth-order valence-corrected chi connectivity index (χ4v) is 4.40. The second-order valence-corrected chi connectivity index (χ2v) is 8.78. The second kappa shape index (κ2) is 8.63. The number of carbonyl (C=O) groups excluding carboxylic acids is 1. The summed E-state index contributed by atoms with van der Waals surface area (Å²) in [6.07, 6.45) is 1.41. The van der Waals surface area contributed by atoms with Crippen molar-refractivity contribution >= 4 is 38.9 Å². The number of anilines is 2. The molecule has 0 radical (unpaired) electrons. The summed E-state index contributed by atoms with van der Waals surface area (Å²) < 4.78 is 27.8. The molecule has 0 fully saturated rings. The molecule has 0 aliphatic heterocycles. The highest BCUT2D eigenvalue weighted by Gasteiger charge is 2.28. The van der Waals surface area contributed by atoms with Crippen LogP contribution in [0.4, 0.5) is 11.4 Å². The van der Waals surface area contributed by atoms with Crippen molar-refractivity contribution in [3.05, 3.63) is 83.1 Å². The summed E-state index contributed by atoms with van der Waals surface area (Å²) in [6, 6.07) is 16.7. The van der Waals surface area contributed by atoms with E-state index >= 15 is 0 Å². The first-order chi connectivity index (χ1) is 13.8. The largest absolute Gasteiger partial charge is 0.323 e. The van der Waals surface area contributed by atoms with E-state index in [1.54, 1.807) is 36.4 Å². The minimum atomic E-state index is -3.95. The third-order valence-electron chi connectivity index (χ3n) is 4.26. The van der Waals surface area contributed by atoms with Crippen molar-refractivity contribution in [1.82, 2.24) is 4.98 Å². The Morgan fingerprint density at radius 2 is 1.79 bits per heavy atom. The lowest BCUT2D eigenvalue weighted by Crippen LogP contribution is -2.38. The first-order valence-electron chi connectivity index (χ1n) is 8.84. The molecule has 0 bridgehead atoms. The number of pyridine rings is 1. The molecule has 1 heterocycles. The Kier molecular flexibility index (Phi) is 6.20. The van der Waals surface area contributed by atoms with Crippen LogP contribution >= 0.6 is 11.6 Å². The minimum absolute atomic E-state index is 0.113. The molecule has 1 aromatic heterocycles.